The van der Waals surface area contributed by atoms with Crippen molar-refractivity contribution < 1.29 is 4.79 Å². The SMILES string of the molecule is C=CCn1c(SCC(=O)Nc2ccc(Br)cn2)nnc1-c1ccc(Cl)cc1. The van der Waals surface area contributed by atoms with Crippen molar-refractivity contribution in [1.82, 2.24) is 19.7 Å². The van der Waals surface area contributed by atoms with Crippen LogP contribution in [0, 0.1) is 0 Å². The molecular weight excluding hydrogens is 450 g/mol. The van der Waals surface area contributed by atoms with Gasteiger partial charge >= 0.3 is 0 Å². The van der Waals surface area contributed by atoms with Crippen LogP contribution in [0.5, 0.6) is 0 Å². The van der Waals surface area contributed by atoms with Crippen LogP contribution >= 0.6 is 39.3 Å². The Kier molecular flexibility index (Phi) is 6.65. The van der Waals surface area contributed by atoms with Crippen LogP contribution < -0.4 is 5.32 Å². The molecule has 2 heterocycles. The lowest BCUT2D eigenvalue weighted by Crippen LogP contribution is -2.15. The Morgan fingerprint density at radius 2 is 2.04 bits per heavy atom. The molecule has 6 nitrogen and oxygen atoms in total. The first-order chi connectivity index (χ1) is 13.1. The number of halogens is 2. The highest BCUT2D eigenvalue weighted by molar-refractivity contribution is 9.10. The number of carbonyl (C=O) groups excluding carboxylic acids is 1. The summed E-state index contributed by atoms with van der Waals surface area (Å²) < 4.78 is 2.76. The van der Waals surface area contributed by atoms with E-state index >= 15 is 0 Å². The molecule has 0 aliphatic carbocycles. The number of hydrogen-bond donors (Lipinski definition) is 1. The van der Waals surface area contributed by atoms with Crippen molar-refractivity contribution in [3.63, 3.8) is 0 Å². The van der Waals surface area contributed by atoms with Crippen LogP contribution in [-0.4, -0.2) is 31.4 Å². The summed E-state index contributed by atoms with van der Waals surface area (Å²) in [6.45, 7) is 4.32. The highest BCUT2D eigenvalue weighted by Gasteiger charge is 2.15. The highest BCUT2D eigenvalue weighted by Crippen LogP contribution is 2.25. The minimum absolute atomic E-state index is 0.170. The van der Waals surface area contributed by atoms with Gasteiger partial charge in [0.2, 0.25) is 5.91 Å². The first kappa shape index (κ1) is 19.6. The lowest BCUT2D eigenvalue weighted by atomic mass is 10.2. The van der Waals surface area contributed by atoms with Crippen LogP contribution in [0.4, 0.5) is 5.82 Å². The molecule has 1 aromatic carbocycles. The maximum absolute atomic E-state index is 12.2. The van der Waals surface area contributed by atoms with Crippen molar-refractivity contribution in [2.24, 2.45) is 0 Å². The van der Waals surface area contributed by atoms with Crippen molar-refractivity contribution >= 4 is 51.0 Å². The van der Waals surface area contributed by atoms with E-state index in [2.05, 4.69) is 43.0 Å². The number of carbonyl (C=O) groups is 1. The van der Waals surface area contributed by atoms with Gasteiger partial charge in [-0.1, -0.05) is 29.4 Å². The maximum atomic E-state index is 12.2. The van der Waals surface area contributed by atoms with Crippen LogP contribution in [0.2, 0.25) is 5.02 Å². The third-order valence-corrected chi connectivity index (χ3v) is 5.15. The number of allylic oxidation sites excluding steroid dienone is 1. The topological polar surface area (TPSA) is 72.7 Å². The third-order valence-electron chi connectivity index (χ3n) is 3.46. The number of rotatable bonds is 7. The molecule has 9 heteroatoms. The highest BCUT2D eigenvalue weighted by atomic mass is 79.9. The van der Waals surface area contributed by atoms with Gasteiger partial charge in [0.15, 0.2) is 11.0 Å². The molecule has 0 bridgehead atoms. The zero-order valence-corrected chi connectivity index (χ0v) is 17.3. The number of thioether (sulfide) groups is 1. The fourth-order valence-corrected chi connectivity index (χ4v) is 3.37. The minimum atomic E-state index is -0.170. The van der Waals surface area contributed by atoms with Gasteiger partial charge in [-0.05, 0) is 52.3 Å². The third kappa shape index (κ3) is 5.18. The van der Waals surface area contributed by atoms with Gasteiger partial charge in [0.1, 0.15) is 5.82 Å². The quantitative estimate of drug-likeness (QED) is 0.406. The lowest BCUT2D eigenvalue weighted by molar-refractivity contribution is -0.113. The molecular formula is C18H15BrClN5OS. The van der Waals surface area contributed by atoms with Gasteiger partial charge in [0, 0.05) is 27.8 Å². The van der Waals surface area contributed by atoms with Crippen molar-refractivity contribution in [1.29, 1.82) is 0 Å². The van der Waals surface area contributed by atoms with Gasteiger partial charge in [0.25, 0.3) is 0 Å². The summed E-state index contributed by atoms with van der Waals surface area (Å²) in [5, 5.41) is 12.5. The Hall–Kier alpha value is -2.16. The van der Waals surface area contributed by atoms with Crippen molar-refractivity contribution in [3.05, 3.63) is 64.7 Å². The van der Waals surface area contributed by atoms with Crippen LogP contribution in [0.1, 0.15) is 0 Å². The molecule has 0 saturated heterocycles. The molecule has 3 aromatic rings. The Bertz CT molecular complexity index is 943. The Morgan fingerprint density at radius 1 is 1.26 bits per heavy atom. The number of nitrogens with one attached hydrogen (secondary N) is 1. The number of pyridine rings is 1. The van der Waals surface area contributed by atoms with Crippen LogP contribution in [0.25, 0.3) is 11.4 Å². The zero-order valence-electron chi connectivity index (χ0n) is 14.1. The Morgan fingerprint density at radius 3 is 2.70 bits per heavy atom. The maximum Gasteiger partial charge on any atom is 0.236 e. The summed E-state index contributed by atoms with van der Waals surface area (Å²) in [5.41, 5.74) is 0.893. The summed E-state index contributed by atoms with van der Waals surface area (Å²) in [5.74, 6) is 1.21. The number of nitrogens with zero attached hydrogens (tertiary/aromatic N) is 4. The molecule has 0 spiro atoms. The second-order valence-electron chi connectivity index (χ2n) is 5.41. The zero-order chi connectivity index (χ0) is 19.2. The Labute approximate surface area is 174 Å². The van der Waals surface area contributed by atoms with Crippen molar-refractivity contribution in [3.8, 4) is 11.4 Å². The number of amides is 1. The van der Waals surface area contributed by atoms with Crippen molar-refractivity contribution in [2.45, 2.75) is 11.7 Å². The second-order valence-corrected chi connectivity index (χ2v) is 7.71. The van der Waals surface area contributed by atoms with Crippen LogP contribution in [0.15, 0.2) is 64.9 Å². The molecule has 0 aliphatic heterocycles. The number of anilines is 1. The number of benzene rings is 1. The van der Waals surface area contributed by atoms with E-state index in [-0.39, 0.29) is 11.7 Å². The van der Waals surface area contributed by atoms with Gasteiger partial charge in [-0.2, -0.15) is 0 Å². The summed E-state index contributed by atoms with van der Waals surface area (Å²) in [4.78, 5) is 16.3. The van der Waals surface area contributed by atoms with E-state index in [9.17, 15) is 4.79 Å². The number of hydrogen-bond acceptors (Lipinski definition) is 5. The van der Waals surface area contributed by atoms with E-state index in [1.807, 2.05) is 22.8 Å². The molecule has 0 radical (unpaired) electrons. The second kappa shape index (κ2) is 9.16. The smallest absolute Gasteiger partial charge is 0.236 e. The average Bonchev–Trinajstić information content (AvgIpc) is 3.06. The molecule has 0 fully saturated rings. The molecule has 0 atom stereocenters. The average molecular weight is 465 g/mol. The van der Waals surface area contributed by atoms with Crippen molar-refractivity contribution in [2.75, 3.05) is 11.1 Å². The first-order valence-corrected chi connectivity index (χ1v) is 10.1. The molecule has 0 unspecified atom stereocenters. The van der Waals surface area contributed by atoms with Gasteiger partial charge in [0.05, 0.1) is 5.75 Å². The summed E-state index contributed by atoms with van der Waals surface area (Å²) in [6.07, 6.45) is 3.39. The van der Waals surface area contributed by atoms with Gasteiger partial charge < -0.3 is 5.32 Å². The molecule has 0 aliphatic rings. The summed E-state index contributed by atoms with van der Waals surface area (Å²) in [6, 6.07) is 10.9. The fourth-order valence-electron chi connectivity index (χ4n) is 2.26. The monoisotopic (exact) mass is 463 g/mol. The predicted molar refractivity (Wildman–Crippen MR) is 112 cm³/mol. The van der Waals surface area contributed by atoms with Gasteiger partial charge in [-0.3, -0.25) is 9.36 Å². The first-order valence-electron chi connectivity index (χ1n) is 7.91. The van der Waals surface area contributed by atoms with E-state index in [1.165, 1.54) is 11.8 Å². The molecule has 1 N–H and O–H groups in total. The van der Waals surface area contributed by atoms with E-state index in [4.69, 9.17) is 11.6 Å². The van der Waals surface area contributed by atoms with E-state index < -0.39 is 0 Å². The fraction of sp³-hybridized carbons (Fsp3) is 0.111. The minimum Gasteiger partial charge on any atom is -0.310 e. The lowest BCUT2D eigenvalue weighted by Gasteiger charge is -2.08. The largest absolute Gasteiger partial charge is 0.310 e. The van der Waals surface area contributed by atoms with E-state index in [0.29, 0.717) is 28.4 Å². The molecule has 138 valence electrons. The molecule has 3 rings (SSSR count). The molecule has 1 amide bonds. The molecule has 2 aromatic heterocycles. The molecule has 0 saturated carbocycles. The number of aromatic nitrogens is 4. The van der Waals surface area contributed by atoms with Gasteiger partial charge in [-0.15, -0.1) is 16.8 Å². The summed E-state index contributed by atoms with van der Waals surface area (Å²) >= 11 is 10.6. The van der Waals surface area contributed by atoms with E-state index in [0.717, 1.165) is 10.0 Å². The van der Waals surface area contributed by atoms with Gasteiger partial charge in [-0.25, -0.2) is 4.98 Å². The van der Waals surface area contributed by atoms with E-state index in [1.54, 1.807) is 30.5 Å². The Balaban J connectivity index is 1.70. The predicted octanol–water partition coefficient (Wildman–Crippen LogP) is 4.67. The normalized spacial score (nSPS) is 10.6. The standard InChI is InChI=1S/C18H15BrClN5OS/c1-2-9-25-17(12-3-6-14(20)7-4-12)23-24-18(25)27-11-16(26)22-15-8-5-13(19)10-21-15/h2-8,10H,1,9,11H2,(H,21,22,26). The van der Waals surface area contributed by atoms with Crippen LogP contribution in [-0.2, 0) is 11.3 Å². The summed E-state index contributed by atoms with van der Waals surface area (Å²) in [7, 11) is 0. The van der Waals surface area contributed by atoms with Crippen LogP contribution in [0.3, 0.4) is 0 Å². The molecule has 27 heavy (non-hydrogen) atoms.